The predicted molar refractivity (Wildman–Crippen MR) is 86.1 cm³/mol. The number of nitrogens with zero attached hydrogens (tertiary/aromatic N) is 1. The number of amides is 1. The van der Waals surface area contributed by atoms with Gasteiger partial charge in [-0.15, -0.1) is 0 Å². The summed E-state index contributed by atoms with van der Waals surface area (Å²) >= 11 is 0. The normalized spacial score (nSPS) is 10.9. The number of furan rings is 1. The maximum atomic E-state index is 13.3. The number of nitrogens with one attached hydrogen (secondary N) is 1. The Labute approximate surface area is 135 Å². The van der Waals surface area contributed by atoms with Crippen molar-refractivity contribution in [2.45, 2.75) is 0 Å². The highest BCUT2D eigenvalue weighted by Gasteiger charge is 2.12. The molecule has 2 aromatic heterocycles. The van der Waals surface area contributed by atoms with Crippen molar-refractivity contribution in [3.8, 4) is 11.5 Å². The molecule has 2 aromatic carbocycles. The predicted octanol–water partition coefficient (Wildman–Crippen LogP) is 4.48. The second kappa shape index (κ2) is 5.66. The molecule has 2 heterocycles. The van der Waals surface area contributed by atoms with Crippen molar-refractivity contribution in [1.29, 1.82) is 0 Å². The Hall–Kier alpha value is -3.41. The zero-order valence-corrected chi connectivity index (χ0v) is 12.3. The number of hydrogen-bond acceptors (Lipinski definition) is 4. The minimum absolute atomic E-state index is 0.218. The van der Waals surface area contributed by atoms with Gasteiger partial charge in [-0.1, -0.05) is 6.07 Å². The molecule has 1 N–H and O–H groups in total. The third-order valence-corrected chi connectivity index (χ3v) is 3.46. The zero-order valence-electron chi connectivity index (χ0n) is 12.3. The van der Waals surface area contributed by atoms with Crippen LogP contribution in [0.3, 0.4) is 0 Å². The number of halogens is 1. The Morgan fingerprint density at radius 3 is 2.79 bits per heavy atom. The van der Waals surface area contributed by atoms with Crippen LogP contribution in [-0.2, 0) is 0 Å². The molecule has 4 aromatic rings. The molecule has 24 heavy (non-hydrogen) atoms. The van der Waals surface area contributed by atoms with Crippen LogP contribution < -0.4 is 5.32 Å². The van der Waals surface area contributed by atoms with Crippen molar-refractivity contribution in [3.05, 3.63) is 72.4 Å². The number of hydrogen-bond donors (Lipinski definition) is 1. The van der Waals surface area contributed by atoms with Crippen molar-refractivity contribution in [1.82, 2.24) is 4.98 Å². The number of fused-ring (bicyclic) bond motifs is 1. The van der Waals surface area contributed by atoms with E-state index in [1.54, 1.807) is 42.5 Å². The molecule has 1 amide bonds. The smallest absolute Gasteiger partial charge is 0.291 e. The lowest BCUT2D eigenvalue weighted by molar-refractivity contribution is 0.0996. The highest BCUT2D eigenvalue weighted by molar-refractivity contribution is 6.03. The molecule has 5 nitrogen and oxygen atoms in total. The van der Waals surface area contributed by atoms with Crippen LogP contribution in [0, 0.1) is 5.82 Å². The zero-order chi connectivity index (χ0) is 16.5. The van der Waals surface area contributed by atoms with Gasteiger partial charge in [0.15, 0.2) is 11.3 Å². The SMILES string of the molecule is O=C(Nc1ccc2oc(-c3cccc(F)c3)nc2c1)c1ccco1. The first-order valence-electron chi connectivity index (χ1n) is 7.20. The summed E-state index contributed by atoms with van der Waals surface area (Å²) in [5.74, 6) is -0.177. The fourth-order valence-electron chi connectivity index (χ4n) is 2.35. The van der Waals surface area contributed by atoms with Gasteiger partial charge in [0.2, 0.25) is 5.89 Å². The third kappa shape index (κ3) is 2.65. The molecule has 0 aliphatic heterocycles. The minimum Gasteiger partial charge on any atom is -0.459 e. The molecule has 0 fully saturated rings. The van der Waals surface area contributed by atoms with Gasteiger partial charge >= 0.3 is 0 Å². The van der Waals surface area contributed by atoms with Crippen LogP contribution in [0.2, 0.25) is 0 Å². The molecule has 0 atom stereocenters. The molecule has 0 spiro atoms. The summed E-state index contributed by atoms with van der Waals surface area (Å²) < 4.78 is 24.0. The van der Waals surface area contributed by atoms with Gasteiger partial charge in [-0.3, -0.25) is 4.79 Å². The van der Waals surface area contributed by atoms with Crippen LogP contribution in [0.1, 0.15) is 10.6 Å². The molecule has 0 bridgehead atoms. The van der Waals surface area contributed by atoms with Crippen LogP contribution >= 0.6 is 0 Å². The van der Waals surface area contributed by atoms with E-state index in [9.17, 15) is 9.18 Å². The monoisotopic (exact) mass is 322 g/mol. The number of benzene rings is 2. The number of oxazole rings is 1. The maximum absolute atomic E-state index is 13.3. The lowest BCUT2D eigenvalue weighted by Gasteiger charge is -2.01. The van der Waals surface area contributed by atoms with E-state index in [-0.39, 0.29) is 17.5 Å². The maximum Gasteiger partial charge on any atom is 0.291 e. The highest BCUT2D eigenvalue weighted by Crippen LogP contribution is 2.26. The molecule has 4 rings (SSSR count). The van der Waals surface area contributed by atoms with Crippen molar-refractivity contribution < 1.29 is 18.0 Å². The largest absolute Gasteiger partial charge is 0.459 e. The van der Waals surface area contributed by atoms with Crippen LogP contribution in [0.25, 0.3) is 22.6 Å². The number of carbonyl (C=O) groups is 1. The van der Waals surface area contributed by atoms with Gasteiger partial charge in [0.05, 0.1) is 6.26 Å². The molecule has 0 radical (unpaired) electrons. The lowest BCUT2D eigenvalue weighted by atomic mass is 10.2. The third-order valence-electron chi connectivity index (χ3n) is 3.46. The second-order valence-corrected chi connectivity index (χ2v) is 5.14. The Balaban J connectivity index is 1.65. The summed E-state index contributed by atoms with van der Waals surface area (Å²) in [4.78, 5) is 16.3. The number of aromatic nitrogens is 1. The van der Waals surface area contributed by atoms with Crippen LogP contribution in [0.15, 0.2) is 69.7 Å². The Kier molecular flexibility index (Phi) is 3.35. The van der Waals surface area contributed by atoms with E-state index in [1.807, 2.05) is 0 Å². The first-order chi connectivity index (χ1) is 11.7. The van der Waals surface area contributed by atoms with Gasteiger partial charge in [-0.05, 0) is 48.5 Å². The molecule has 0 unspecified atom stereocenters. The van der Waals surface area contributed by atoms with E-state index in [1.165, 1.54) is 18.4 Å². The van der Waals surface area contributed by atoms with Crippen molar-refractivity contribution in [3.63, 3.8) is 0 Å². The van der Waals surface area contributed by atoms with Gasteiger partial charge in [0.1, 0.15) is 11.3 Å². The highest BCUT2D eigenvalue weighted by atomic mass is 19.1. The Bertz CT molecular complexity index is 1020. The second-order valence-electron chi connectivity index (χ2n) is 5.14. The van der Waals surface area contributed by atoms with Gasteiger partial charge in [-0.25, -0.2) is 9.37 Å². The molecular weight excluding hydrogens is 311 g/mol. The van der Waals surface area contributed by atoms with Gasteiger partial charge < -0.3 is 14.2 Å². The molecule has 0 saturated heterocycles. The topological polar surface area (TPSA) is 68.3 Å². The number of rotatable bonds is 3. The molecule has 0 saturated carbocycles. The molecule has 6 heteroatoms. The standard InChI is InChI=1S/C18H11FN2O3/c19-12-4-1-3-11(9-12)18-21-14-10-13(6-7-15(14)24-18)20-17(22)16-5-2-8-23-16/h1-10H,(H,20,22). The van der Waals surface area contributed by atoms with E-state index in [4.69, 9.17) is 8.83 Å². The van der Waals surface area contributed by atoms with E-state index >= 15 is 0 Å². The van der Waals surface area contributed by atoms with Crippen LogP contribution in [-0.4, -0.2) is 10.9 Å². The quantitative estimate of drug-likeness (QED) is 0.604. The summed E-state index contributed by atoms with van der Waals surface area (Å²) in [5.41, 5.74) is 2.21. The average Bonchev–Trinajstić information content (AvgIpc) is 3.24. The Morgan fingerprint density at radius 2 is 2.00 bits per heavy atom. The van der Waals surface area contributed by atoms with Gasteiger partial charge in [-0.2, -0.15) is 0 Å². The first-order valence-corrected chi connectivity index (χ1v) is 7.20. The average molecular weight is 322 g/mol. The van der Waals surface area contributed by atoms with Gasteiger partial charge in [0.25, 0.3) is 5.91 Å². The summed E-state index contributed by atoms with van der Waals surface area (Å²) in [6.45, 7) is 0. The van der Waals surface area contributed by atoms with Crippen molar-refractivity contribution in [2.75, 3.05) is 5.32 Å². The minimum atomic E-state index is -0.360. The Morgan fingerprint density at radius 1 is 1.08 bits per heavy atom. The molecule has 118 valence electrons. The summed E-state index contributed by atoms with van der Waals surface area (Å²) in [6.07, 6.45) is 1.43. The number of anilines is 1. The molecule has 0 aliphatic carbocycles. The number of carbonyl (C=O) groups excluding carboxylic acids is 1. The van der Waals surface area contributed by atoms with Crippen LogP contribution in [0.4, 0.5) is 10.1 Å². The summed E-state index contributed by atoms with van der Waals surface area (Å²) in [7, 11) is 0. The van der Waals surface area contributed by atoms with E-state index < -0.39 is 0 Å². The summed E-state index contributed by atoms with van der Waals surface area (Å²) in [5, 5.41) is 2.72. The van der Waals surface area contributed by atoms with Crippen molar-refractivity contribution >= 4 is 22.7 Å². The molecular formula is C18H11FN2O3. The van der Waals surface area contributed by atoms with Crippen molar-refractivity contribution in [2.24, 2.45) is 0 Å². The van der Waals surface area contributed by atoms with Gasteiger partial charge in [0, 0.05) is 11.3 Å². The summed E-state index contributed by atoms with van der Waals surface area (Å²) in [6, 6.07) is 14.3. The fraction of sp³-hybridized carbons (Fsp3) is 0. The lowest BCUT2D eigenvalue weighted by Crippen LogP contribution is -2.10. The molecule has 0 aliphatic rings. The first kappa shape index (κ1) is 14.2. The van der Waals surface area contributed by atoms with E-state index in [0.29, 0.717) is 28.2 Å². The fourth-order valence-corrected chi connectivity index (χ4v) is 2.35. The van der Waals surface area contributed by atoms with E-state index in [2.05, 4.69) is 10.3 Å². The van der Waals surface area contributed by atoms with E-state index in [0.717, 1.165) is 0 Å². The van der Waals surface area contributed by atoms with Crippen LogP contribution in [0.5, 0.6) is 0 Å².